The van der Waals surface area contributed by atoms with Crippen molar-refractivity contribution in [2.24, 2.45) is 0 Å². The van der Waals surface area contributed by atoms with E-state index in [0.29, 0.717) is 24.2 Å². The third-order valence-corrected chi connectivity index (χ3v) is 5.45. The summed E-state index contributed by atoms with van der Waals surface area (Å²) in [6.07, 6.45) is 5.04. The summed E-state index contributed by atoms with van der Waals surface area (Å²) in [5.41, 5.74) is 1.09. The lowest BCUT2D eigenvalue weighted by Gasteiger charge is -2.37. The van der Waals surface area contributed by atoms with Gasteiger partial charge in [0, 0.05) is 25.7 Å². The molecule has 2 aliphatic heterocycles. The van der Waals surface area contributed by atoms with Gasteiger partial charge in [0.25, 0.3) is 5.91 Å². The molecule has 0 aliphatic carbocycles. The standard InChI is InChI=1S/C22H26N2O3/c1-2-6-17-7-3-4-9-20(17)26-16-19-10-11-21(27-19)22(25)24-14-13-23-12-5-8-18(23)15-24/h2-4,7,9-11,18H,1,5-6,8,12-16H2/t18-/m0/s1. The first-order valence-corrected chi connectivity index (χ1v) is 9.68. The van der Waals surface area contributed by atoms with Gasteiger partial charge in [-0.1, -0.05) is 24.3 Å². The third kappa shape index (κ3) is 3.93. The van der Waals surface area contributed by atoms with E-state index in [9.17, 15) is 4.79 Å². The van der Waals surface area contributed by atoms with Gasteiger partial charge in [0.05, 0.1) is 0 Å². The molecule has 0 radical (unpaired) electrons. The van der Waals surface area contributed by atoms with Gasteiger partial charge >= 0.3 is 0 Å². The molecule has 2 saturated heterocycles. The van der Waals surface area contributed by atoms with Gasteiger partial charge in [-0.3, -0.25) is 9.69 Å². The molecule has 3 heterocycles. The van der Waals surface area contributed by atoms with E-state index in [-0.39, 0.29) is 5.91 Å². The van der Waals surface area contributed by atoms with Crippen LogP contribution in [0.4, 0.5) is 0 Å². The van der Waals surface area contributed by atoms with E-state index in [0.717, 1.165) is 37.4 Å². The molecule has 0 N–H and O–H groups in total. The molecule has 0 saturated carbocycles. The molecule has 1 aromatic carbocycles. The number of ether oxygens (including phenoxy) is 1. The monoisotopic (exact) mass is 366 g/mol. The number of para-hydroxylation sites is 1. The summed E-state index contributed by atoms with van der Waals surface area (Å²) in [4.78, 5) is 17.2. The number of carbonyl (C=O) groups is 1. The molecule has 0 spiro atoms. The van der Waals surface area contributed by atoms with Gasteiger partial charge in [-0.2, -0.15) is 0 Å². The van der Waals surface area contributed by atoms with E-state index < -0.39 is 0 Å². The molecule has 0 unspecified atom stereocenters. The Bertz CT molecular complexity index is 813. The highest BCUT2D eigenvalue weighted by Gasteiger charge is 2.33. The highest BCUT2D eigenvalue weighted by molar-refractivity contribution is 5.91. The van der Waals surface area contributed by atoms with E-state index in [4.69, 9.17) is 9.15 Å². The second-order valence-corrected chi connectivity index (χ2v) is 7.24. The van der Waals surface area contributed by atoms with Crippen LogP contribution < -0.4 is 4.74 Å². The van der Waals surface area contributed by atoms with Gasteiger partial charge in [-0.15, -0.1) is 6.58 Å². The van der Waals surface area contributed by atoms with Crippen LogP contribution in [0.1, 0.15) is 34.7 Å². The van der Waals surface area contributed by atoms with Crippen LogP contribution >= 0.6 is 0 Å². The highest BCUT2D eigenvalue weighted by Crippen LogP contribution is 2.24. The summed E-state index contributed by atoms with van der Waals surface area (Å²) in [6.45, 7) is 7.80. The van der Waals surface area contributed by atoms with Crippen molar-refractivity contribution in [3.8, 4) is 5.75 Å². The Morgan fingerprint density at radius 1 is 1.22 bits per heavy atom. The molecular weight excluding hydrogens is 340 g/mol. The Labute approximate surface area is 160 Å². The van der Waals surface area contributed by atoms with Crippen LogP contribution in [0.25, 0.3) is 0 Å². The smallest absolute Gasteiger partial charge is 0.289 e. The number of rotatable bonds is 6. The number of nitrogens with zero attached hydrogens (tertiary/aromatic N) is 2. The molecule has 1 atom stereocenters. The Morgan fingerprint density at radius 3 is 3.00 bits per heavy atom. The summed E-state index contributed by atoms with van der Waals surface area (Å²) < 4.78 is 11.7. The first kappa shape index (κ1) is 17.9. The molecular formula is C22H26N2O3. The lowest BCUT2D eigenvalue weighted by atomic mass is 10.1. The van der Waals surface area contributed by atoms with Gasteiger partial charge in [0.2, 0.25) is 0 Å². The fourth-order valence-corrected chi connectivity index (χ4v) is 4.02. The second-order valence-electron chi connectivity index (χ2n) is 7.24. The Hall–Kier alpha value is -2.53. The SMILES string of the molecule is C=CCc1ccccc1OCc1ccc(C(=O)N2CCN3CCC[C@H]3C2)o1. The number of fused-ring (bicyclic) bond motifs is 1. The first-order chi connectivity index (χ1) is 13.2. The fourth-order valence-electron chi connectivity index (χ4n) is 4.02. The van der Waals surface area contributed by atoms with E-state index in [1.165, 1.54) is 19.4 Å². The highest BCUT2D eigenvalue weighted by atomic mass is 16.5. The maximum absolute atomic E-state index is 12.8. The van der Waals surface area contributed by atoms with E-state index in [2.05, 4.69) is 11.5 Å². The molecule has 5 heteroatoms. The predicted molar refractivity (Wildman–Crippen MR) is 104 cm³/mol. The zero-order valence-electron chi connectivity index (χ0n) is 15.6. The number of amides is 1. The number of allylic oxidation sites excluding steroid dienone is 1. The van der Waals surface area contributed by atoms with Crippen LogP contribution in [0.2, 0.25) is 0 Å². The van der Waals surface area contributed by atoms with Crippen molar-refractivity contribution in [3.63, 3.8) is 0 Å². The topological polar surface area (TPSA) is 45.9 Å². The Balaban J connectivity index is 1.37. The molecule has 1 amide bonds. The summed E-state index contributed by atoms with van der Waals surface area (Å²) in [5, 5.41) is 0. The van der Waals surface area contributed by atoms with E-state index in [1.54, 1.807) is 6.07 Å². The quantitative estimate of drug-likeness (QED) is 0.734. The molecule has 2 fully saturated rings. The van der Waals surface area contributed by atoms with Crippen molar-refractivity contribution >= 4 is 5.91 Å². The fraction of sp³-hybridized carbons (Fsp3) is 0.409. The minimum atomic E-state index is -0.0140. The zero-order chi connectivity index (χ0) is 18.6. The van der Waals surface area contributed by atoms with Gasteiger partial charge in [0.1, 0.15) is 18.1 Å². The third-order valence-electron chi connectivity index (χ3n) is 5.45. The van der Waals surface area contributed by atoms with Crippen molar-refractivity contribution < 1.29 is 13.9 Å². The summed E-state index contributed by atoms with van der Waals surface area (Å²) in [5.74, 6) is 1.87. The number of furan rings is 1. The second kappa shape index (κ2) is 8.01. The van der Waals surface area contributed by atoms with Gasteiger partial charge < -0.3 is 14.1 Å². The molecule has 4 rings (SSSR count). The molecule has 5 nitrogen and oxygen atoms in total. The molecule has 27 heavy (non-hydrogen) atoms. The molecule has 2 aromatic rings. The number of carbonyl (C=O) groups excluding carboxylic acids is 1. The summed E-state index contributed by atoms with van der Waals surface area (Å²) in [6, 6.07) is 12.0. The average Bonchev–Trinajstić information content (AvgIpc) is 3.36. The lowest BCUT2D eigenvalue weighted by molar-refractivity contribution is 0.0538. The first-order valence-electron chi connectivity index (χ1n) is 9.68. The van der Waals surface area contributed by atoms with E-state index >= 15 is 0 Å². The van der Waals surface area contributed by atoms with Gasteiger partial charge in [0.15, 0.2) is 5.76 Å². The number of hydrogen-bond donors (Lipinski definition) is 0. The lowest BCUT2D eigenvalue weighted by Crippen LogP contribution is -2.51. The van der Waals surface area contributed by atoms with Crippen molar-refractivity contribution in [1.82, 2.24) is 9.80 Å². The van der Waals surface area contributed by atoms with Crippen molar-refractivity contribution in [3.05, 3.63) is 66.1 Å². The maximum Gasteiger partial charge on any atom is 0.289 e. The zero-order valence-corrected chi connectivity index (χ0v) is 15.6. The summed E-state index contributed by atoms with van der Waals surface area (Å²) in [7, 11) is 0. The van der Waals surface area contributed by atoms with Gasteiger partial charge in [-0.25, -0.2) is 0 Å². The molecule has 142 valence electrons. The molecule has 0 bridgehead atoms. The van der Waals surface area contributed by atoms with Crippen molar-refractivity contribution in [1.29, 1.82) is 0 Å². The van der Waals surface area contributed by atoms with Crippen molar-refractivity contribution in [2.45, 2.75) is 31.9 Å². The Morgan fingerprint density at radius 2 is 2.11 bits per heavy atom. The van der Waals surface area contributed by atoms with Crippen LogP contribution in [0, 0.1) is 0 Å². The Kier molecular flexibility index (Phi) is 5.30. The van der Waals surface area contributed by atoms with Crippen LogP contribution in [0.3, 0.4) is 0 Å². The predicted octanol–water partition coefficient (Wildman–Crippen LogP) is 3.51. The van der Waals surface area contributed by atoms with Crippen LogP contribution in [0.15, 0.2) is 53.5 Å². The average molecular weight is 366 g/mol. The maximum atomic E-state index is 12.8. The normalized spacial score (nSPS) is 19.7. The van der Waals surface area contributed by atoms with Crippen molar-refractivity contribution in [2.75, 3.05) is 26.2 Å². The molecule has 2 aliphatic rings. The van der Waals surface area contributed by atoms with Crippen LogP contribution in [0.5, 0.6) is 5.75 Å². The van der Waals surface area contributed by atoms with Gasteiger partial charge in [-0.05, 0) is 49.6 Å². The summed E-state index contributed by atoms with van der Waals surface area (Å²) >= 11 is 0. The number of benzene rings is 1. The van der Waals surface area contributed by atoms with E-state index in [1.807, 2.05) is 41.3 Å². The van der Waals surface area contributed by atoms with Crippen LogP contribution in [-0.4, -0.2) is 47.9 Å². The molecule has 1 aromatic heterocycles. The minimum absolute atomic E-state index is 0.0140. The largest absolute Gasteiger partial charge is 0.485 e. The number of piperazine rings is 1. The van der Waals surface area contributed by atoms with Crippen LogP contribution in [-0.2, 0) is 13.0 Å². The minimum Gasteiger partial charge on any atom is -0.485 e. The number of hydrogen-bond acceptors (Lipinski definition) is 4.